The Kier molecular flexibility index (Phi) is 6.37. The summed E-state index contributed by atoms with van der Waals surface area (Å²) in [7, 11) is 1.53. The van der Waals surface area contributed by atoms with E-state index in [2.05, 4.69) is 13.8 Å². The summed E-state index contributed by atoms with van der Waals surface area (Å²) in [4.78, 5) is 12.9. The van der Waals surface area contributed by atoms with Crippen LogP contribution in [0, 0.1) is 39.9 Å². The van der Waals surface area contributed by atoms with Gasteiger partial charge in [0.1, 0.15) is 18.3 Å². The number of rotatable bonds is 4. The third kappa shape index (κ3) is 3.60. The highest BCUT2D eigenvalue weighted by Crippen LogP contribution is 2.72. The lowest BCUT2D eigenvalue weighted by molar-refractivity contribution is -0.296. The van der Waals surface area contributed by atoms with Crippen molar-refractivity contribution < 1.29 is 34.3 Å². The summed E-state index contributed by atoms with van der Waals surface area (Å²) in [6.07, 6.45) is 5.13. The van der Waals surface area contributed by atoms with Crippen LogP contribution >= 0.6 is 0 Å². The first-order valence-electron chi connectivity index (χ1n) is 13.5. The molecule has 2 unspecified atom stereocenters. The van der Waals surface area contributed by atoms with Crippen LogP contribution in [0.5, 0.6) is 0 Å². The highest BCUT2D eigenvalue weighted by molar-refractivity contribution is 5.77. The van der Waals surface area contributed by atoms with Crippen molar-refractivity contribution in [3.63, 3.8) is 0 Å². The Hall–Kier alpha value is -0.730. The minimum atomic E-state index is -1.26. The molecule has 5 aliphatic rings. The lowest BCUT2D eigenvalue weighted by Gasteiger charge is -2.63. The number of esters is 1. The molecule has 5 fully saturated rings. The Morgan fingerprint density at radius 3 is 2.47 bits per heavy atom. The number of aliphatic hydroxyl groups is 3. The van der Waals surface area contributed by atoms with E-state index in [0.29, 0.717) is 35.7 Å². The molecular formula is C27H44O7. The second-order valence-electron chi connectivity index (χ2n) is 12.8. The molecule has 1 heterocycles. The second kappa shape index (κ2) is 8.69. The van der Waals surface area contributed by atoms with Gasteiger partial charge in [0.15, 0.2) is 6.29 Å². The molecule has 1 spiro atoms. The van der Waals surface area contributed by atoms with Crippen LogP contribution in [0.2, 0.25) is 0 Å². The molecule has 0 amide bonds. The molecular weight excluding hydrogens is 436 g/mol. The number of aliphatic hydroxyl groups excluding tert-OH is 3. The molecule has 0 radical (unpaired) electrons. The Bertz CT molecular complexity index is 789. The van der Waals surface area contributed by atoms with Crippen molar-refractivity contribution in [2.75, 3.05) is 13.7 Å². The minimum Gasteiger partial charge on any atom is -0.469 e. The van der Waals surface area contributed by atoms with Crippen LogP contribution in [0.1, 0.15) is 78.6 Å². The van der Waals surface area contributed by atoms with E-state index in [1.165, 1.54) is 39.2 Å². The van der Waals surface area contributed by atoms with E-state index in [9.17, 15) is 20.1 Å². The Labute approximate surface area is 203 Å². The van der Waals surface area contributed by atoms with Crippen molar-refractivity contribution in [2.24, 2.45) is 39.9 Å². The third-order valence-corrected chi connectivity index (χ3v) is 11.2. The van der Waals surface area contributed by atoms with Gasteiger partial charge in [0, 0.05) is 0 Å². The van der Waals surface area contributed by atoms with Gasteiger partial charge in [-0.15, -0.1) is 0 Å². The predicted octanol–water partition coefficient (Wildman–Crippen LogP) is 3.03. The lowest BCUT2D eigenvalue weighted by atomic mass is 9.41. The molecule has 7 heteroatoms. The maximum absolute atomic E-state index is 12.9. The zero-order chi connectivity index (χ0) is 24.5. The standard InChI is InChI=1S/C27H44O7/c1-15-20(28)21(29)22(30)23(34-15)33-14-17-13-27-11-8-18-25(2,19(27)7-6-16(17)12-27)9-5-10-26(18,3)24(31)32-4/h15-23,28-30H,5-14H2,1-4H3/t15-,16-,17-,18?,19?,20-,21+,22-,23+,25-,26-,27+/m1/s1. The van der Waals surface area contributed by atoms with E-state index in [1.807, 2.05) is 0 Å². The van der Waals surface area contributed by atoms with Crippen molar-refractivity contribution in [3.8, 4) is 0 Å². The smallest absolute Gasteiger partial charge is 0.311 e. The molecule has 4 saturated carbocycles. The van der Waals surface area contributed by atoms with Crippen LogP contribution < -0.4 is 0 Å². The van der Waals surface area contributed by atoms with Gasteiger partial charge < -0.3 is 29.5 Å². The van der Waals surface area contributed by atoms with Gasteiger partial charge in [0.2, 0.25) is 0 Å². The topological polar surface area (TPSA) is 105 Å². The molecule has 1 aliphatic heterocycles. The monoisotopic (exact) mass is 480 g/mol. The molecule has 4 aliphatic carbocycles. The summed E-state index contributed by atoms with van der Waals surface area (Å²) in [5, 5.41) is 30.4. The van der Waals surface area contributed by atoms with Gasteiger partial charge >= 0.3 is 5.97 Å². The van der Waals surface area contributed by atoms with Crippen LogP contribution in [0.25, 0.3) is 0 Å². The van der Waals surface area contributed by atoms with Gasteiger partial charge in [0.25, 0.3) is 0 Å². The highest BCUT2D eigenvalue weighted by atomic mass is 16.7. The molecule has 0 aromatic rings. The van der Waals surface area contributed by atoms with E-state index >= 15 is 0 Å². The summed E-state index contributed by atoms with van der Waals surface area (Å²) in [5.74, 6) is 2.00. The summed E-state index contributed by atoms with van der Waals surface area (Å²) >= 11 is 0. The predicted molar refractivity (Wildman–Crippen MR) is 124 cm³/mol. The van der Waals surface area contributed by atoms with Gasteiger partial charge in [-0.3, -0.25) is 4.79 Å². The zero-order valence-corrected chi connectivity index (χ0v) is 21.2. The fraction of sp³-hybridized carbons (Fsp3) is 0.963. The zero-order valence-electron chi connectivity index (χ0n) is 21.2. The van der Waals surface area contributed by atoms with Gasteiger partial charge in [-0.25, -0.2) is 0 Å². The molecule has 7 nitrogen and oxygen atoms in total. The van der Waals surface area contributed by atoms with E-state index in [4.69, 9.17) is 14.2 Å². The summed E-state index contributed by atoms with van der Waals surface area (Å²) in [6.45, 7) is 6.82. The number of ether oxygens (including phenoxy) is 3. The van der Waals surface area contributed by atoms with Crippen molar-refractivity contribution in [2.45, 2.75) is 109 Å². The third-order valence-electron chi connectivity index (χ3n) is 11.2. The van der Waals surface area contributed by atoms with E-state index in [1.54, 1.807) is 6.92 Å². The molecule has 194 valence electrons. The van der Waals surface area contributed by atoms with Gasteiger partial charge in [0.05, 0.1) is 25.2 Å². The number of fused-ring (bicyclic) bond motifs is 3. The molecule has 0 aromatic heterocycles. The molecule has 0 aromatic carbocycles. The molecule has 2 bridgehead atoms. The SMILES string of the molecule is COC(=O)[C@]1(C)CCC[C@@]2(C)C3CC[C@@H]4C[C@@]3(CCC21)C[C@@H]4CO[C@H]1O[C@H](C)[C@@H](O)[C@H](O)[C@H]1O. The number of carbonyl (C=O) groups is 1. The molecule has 3 N–H and O–H groups in total. The summed E-state index contributed by atoms with van der Waals surface area (Å²) in [6, 6.07) is 0. The van der Waals surface area contributed by atoms with E-state index in [-0.39, 0.29) is 16.8 Å². The van der Waals surface area contributed by atoms with Gasteiger partial charge in [-0.05, 0) is 99.7 Å². The average Bonchev–Trinajstić information content (AvgIpc) is 3.07. The minimum absolute atomic E-state index is 0.0293. The van der Waals surface area contributed by atoms with E-state index in [0.717, 1.165) is 25.7 Å². The molecule has 5 rings (SSSR count). The first kappa shape index (κ1) is 24.9. The lowest BCUT2D eigenvalue weighted by Crippen LogP contribution is -2.58. The molecule has 34 heavy (non-hydrogen) atoms. The van der Waals surface area contributed by atoms with Crippen LogP contribution in [-0.4, -0.2) is 65.7 Å². The Balaban J connectivity index is 1.30. The highest BCUT2D eigenvalue weighted by Gasteiger charge is 2.66. The number of hydrogen-bond donors (Lipinski definition) is 3. The fourth-order valence-corrected chi connectivity index (χ4v) is 9.63. The van der Waals surface area contributed by atoms with E-state index < -0.39 is 30.7 Å². The maximum Gasteiger partial charge on any atom is 0.311 e. The van der Waals surface area contributed by atoms with Crippen molar-refractivity contribution in [1.82, 2.24) is 0 Å². The van der Waals surface area contributed by atoms with Crippen molar-refractivity contribution >= 4 is 5.97 Å². The van der Waals surface area contributed by atoms with Gasteiger partial charge in [-0.2, -0.15) is 0 Å². The Morgan fingerprint density at radius 2 is 1.74 bits per heavy atom. The van der Waals surface area contributed by atoms with Crippen LogP contribution in [0.4, 0.5) is 0 Å². The van der Waals surface area contributed by atoms with Crippen LogP contribution in [0.15, 0.2) is 0 Å². The largest absolute Gasteiger partial charge is 0.469 e. The normalized spacial score (nSPS) is 54.7. The first-order chi connectivity index (χ1) is 16.1. The molecule has 1 saturated heterocycles. The quantitative estimate of drug-likeness (QED) is 0.531. The Morgan fingerprint density at radius 1 is 0.971 bits per heavy atom. The average molecular weight is 481 g/mol. The maximum atomic E-state index is 12.9. The number of hydrogen-bond acceptors (Lipinski definition) is 7. The molecule has 12 atom stereocenters. The second-order valence-corrected chi connectivity index (χ2v) is 12.8. The summed E-state index contributed by atoms with van der Waals surface area (Å²) < 4.78 is 17.0. The number of carbonyl (C=O) groups excluding carboxylic acids is 1. The van der Waals surface area contributed by atoms with Crippen molar-refractivity contribution in [1.29, 1.82) is 0 Å². The van der Waals surface area contributed by atoms with Gasteiger partial charge in [-0.1, -0.05) is 13.3 Å². The van der Waals surface area contributed by atoms with Crippen LogP contribution in [-0.2, 0) is 19.0 Å². The number of methoxy groups -OCH3 is 1. The van der Waals surface area contributed by atoms with Crippen LogP contribution in [0.3, 0.4) is 0 Å². The fourth-order valence-electron chi connectivity index (χ4n) is 9.63. The summed E-state index contributed by atoms with van der Waals surface area (Å²) in [5.41, 5.74) is 0.0992. The van der Waals surface area contributed by atoms with Crippen molar-refractivity contribution in [3.05, 3.63) is 0 Å². The first-order valence-corrected chi connectivity index (χ1v) is 13.5.